The van der Waals surface area contributed by atoms with Crippen molar-refractivity contribution in [3.63, 3.8) is 0 Å². The van der Waals surface area contributed by atoms with Crippen LogP contribution < -0.4 is 4.90 Å². The van der Waals surface area contributed by atoms with Gasteiger partial charge in [0.2, 0.25) is 11.8 Å². The van der Waals surface area contributed by atoms with Crippen LogP contribution in [0.3, 0.4) is 0 Å². The van der Waals surface area contributed by atoms with E-state index in [2.05, 4.69) is 16.3 Å². The SMILES string of the molecule is O=C(CSc1nnc(C2CCCCC2)o1)N1CCCc2ccccc21. The molecular weight excluding hydrogens is 334 g/mol. The summed E-state index contributed by atoms with van der Waals surface area (Å²) >= 11 is 1.35. The Hall–Kier alpha value is -1.82. The number of carbonyl (C=O) groups is 1. The minimum atomic E-state index is 0.106. The van der Waals surface area contributed by atoms with Crippen LogP contribution in [0.2, 0.25) is 0 Å². The van der Waals surface area contributed by atoms with E-state index < -0.39 is 0 Å². The van der Waals surface area contributed by atoms with Gasteiger partial charge in [-0.2, -0.15) is 0 Å². The van der Waals surface area contributed by atoms with Crippen LogP contribution in [-0.2, 0) is 11.2 Å². The molecule has 2 aliphatic rings. The van der Waals surface area contributed by atoms with Gasteiger partial charge in [-0.25, -0.2) is 0 Å². The number of hydrogen-bond acceptors (Lipinski definition) is 5. The summed E-state index contributed by atoms with van der Waals surface area (Å²) in [5.41, 5.74) is 2.30. The number of para-hydroxylation sites is 1. The molecule has 1 fully saturated rings. The first-order valence-corrected chi connectivity index (χ1v) is 10.1. The highest BCUT2D eigenvalue weighted by Crippen LogP contribution is 2.33. The van der Waals surface area contributed by atoms with Crippen molar-refractivity contribution in [2.75, 3.05) is 17.2 Å². The molecule has 0 radical (unpaired) electrons. The first-order chi connectivity index (χ1) is 12.3. The standard InChI is InChI=1S/C19H23N3O2S/c23-17(22-12-6-10-14-7-4-5-11-16(14)22)13-25-19-21-20-18(24-19)15-8-2-1-3-9-15/h4-5,7,11,15H,1-3,6,8-10,12-13H2. The molecule has 0 spiro atoms. The summed E-state index contributed by atoms with van der Waals surface area (Å²) < 4.78 is 5.80. The number of amides is 1. The minimum absolute atomic E-state index is 0.106. The summed E-state index contributed by atoms with van der Waals surface area (Å²) in [7, 11) is 0. The maximum atomic E-state index is 12.7. The Kier molecular flexibility index (Phi) is 5.06. The summed E-state index contributed by atoms with van der Waals surface area (Å²) in [6, 6.07) is 8.17. The highest BCUT2D eigenvalue weighted by atomic mass is 32.2. The molecule has 6 heteroatoms. The molecule has 25 heavy (non-hydrogen) atoms. The number of thioether (sulfide) groups is 1. The lowest BCUT2D eigenvalue weighted by Crippen LogP contribution is -2.36. The Balaban J connectivity index is 1.37. The molecule has 0 unspecified atom stereocenters. The number of benzene rings is 1. The maximum absolute atomic E-state index is 12.7. The van der Waals surface area contributed by atoms with Crippen LogP contribution in [0.4, 0.5) is 5.69 Å². The molecule has 4 rings (SSSR count). The van der Waals surface area contributed by atoms with Crippen molar-refractivity contribution in [2.45, 2.75) is 56.1 Å². The normalized spacial score (nSPS) is 18.2. The Bertz CT molecular complexity index is 740. The Morgan fingerprint density at radius 1 is 1.16 bits per heavy atom. The first-order valence-electron chi connectivity index (χ1n) is 9.16. The van der Waals surface area contributed by atoms with Gasteiger partial charge < -0.3 is 9.32 Å². The Morgan fingerprint density at radius 3 is 2.88 bits per heavy atom. The van der Waals surface area contributed by atoms with Crippen molar-refractivity contribution >= 4 is 23.4 Å². The molecule has 0 saturated heterocycles. The van der Waals surface area contributed by atoms with Crippen LogP contribution in [0.25, 0.3) is 0 Å². The van der Waals surface area contributed by atoms with E-state index in [-0.39, 0.29) is 5.91 Å². The van der Waals surface area contributed by atoms with E-state index in [1.807, 2.05) is 23.1 Å². The van der Waals surface area contributed by atoms with Crippen LogP contribution in [-0.4, -0.2) is 28.4 Å². The average Bonchev–Trinajstić information content (AvgIpc) is 3.15. The van der Waals surface area contributed by atoms with Crippen LogP contribution in [0.15, 0.2) is 33.9 Å². The fourth-order valence-electron chi connectivity index (χ4n) is 3.79. The van der Waals surface area contributed by atoms with E-state index in [9.17, 15) is 4.79 Å². The zero-order valence-electron chi connectivity index (χ0n) is 14.3. The van der Waals surface area contributed by atoms with Gasteiger partial charge in [-0.05, 0) is 37.3 Å². The van der Waals surface area contributed by atoms with Crippen molar-refractivity contribution in [1.82, 2.24) is 10.2 Å². The molecule has 1 amide bonds. The quantitative estimate of drug-likeness (QED) is 0.768. The molecular formula is C19H23N3O2S. The maximum Gasteiger partial charge on any atom is 0.277 e. The van der Waals surface area contributed by atoms with Crippen LogP contribution in [0, 0.1) is 0 Å². The number of anilines is 1. The van der Waals surface area contributed by atoms with Gasteiger partial charge in [0.1, 0.15) is 0 Å². The molecule has 2 aromatic rings. The molecule has 0 bridgehead atoms. The molecule has 132 valence electrons. The third-order valence-corrected chi connectivity index (χ3v) is 5.91. The largest absolute Gasteiger partial charge is 0.416 e. The van der Waals surface area contributed by atoms with Crippen molar-refractivity contribution in [2.24, 2.45) is 0 Å². The van der Waals surface area contributed by atoms with E-state index in [0.717, 1.165) is 43.8 Å². The van der Waals surface area contributed by atoms with Crippen molar-refractivity contribution in [1.29, 1.82) is 0 Å². The molecule has 1 aliphatic heterocycles. The van der Waals surface area contributed by atoms with Crippen LogP contribution in [0.5, 0.6) is 0 Å². The third kappa shape index (κ3) is 3.73. The second-order valence-electron chi connectivity index (χ2n) is 6.81. The van der Waals surface area contributed by atoms with E-state index in [0.29, 0.717) is 16.9 Å². The third-order valence-electron chi connectivity index (χ3n) is 5.11. The number of rotatable bonds is 4. The lowest BCUT2D eigenvalue weighted by Gasteiger charge is -2.29. The number of carbonyl (C=O) groups excluding carboxylic acids is 1. The first kappa shape index (κ1) is 16.6. The van der Waals surface area contributed by atoms with Gasteiger partial charge >= 0.3 is 0 Å². The molecule has 1 aromatic heterocycles. The van der Waals surface area contributed by atoms with Gasteiger partial charge in [-0.15, -0.1) is 10.2 Å². The summed E-state index contributed by atoms with van der Waals surface area (Å²) in [6.45, 7) is 0.785. The summed E-state index contributed by atoms with van der Waals surface area (Å²) in [4.78, 5) is 14.6. The monoisotopic (exact) mass is 357 g/mol. The molecule has 1 saturated carbocycles. The molecule has 1 aromatic carbocycles. The second-order valence-corrected chi connectivity index (χ2v) is 7.73. The van der Waals surface area contributed by atoms with Gasteiger partial charge in [0.05, 0.1) is 5.75 Å². The average molecular weight is 357 g/mol. The van der Waals surface area contributed by atoms with E-state index >= 15 is 0 Å². The minimum Gasteiger partial charge on any atom is -0.416 e. The van der Waals surface area contributed by atoms with E-state index in [1.54, 1.807) is 0 Å². The lowest BCUT2D eigenvalue weighted by molar-refractivity contribution is -0.116. The molecule has 0 atom stereocenters. The summed E-state index contributed by atoms with van der Waals surface area (Å²) in [6.07, 6.45) is 8.11. The molecule has 2 heterocycles. The zero-order chi connectivity index (χ0) is 17.1. The number of aromatic nitrogens is 2. The number of fused-ring (bicyclic) bond motifs is 1. The summed E-state index contributed by atoms with van der Waals surface area (Å²) in [5.74, 6) is 1.59. The molecule has 5 nitrogen and oxygen atoms in total. The topological polar surface area (TPSA) is 59.2 Å². The predicted octanol–water partition coefficient (Wildman–Crippen LogP) is 4.19. The molecule has 1 aliphatic carbocycles. The van der Waals surface area contributed by atoms with Gasteiger partial charge in [0, 0.05) is 18.2 Å². The van der Waals surface area contributed by atoms with Crippen LogP contribution in [0.1, 0.15) is 55.9 Å². The highest BCUT2D eigenvalue weighted by molar-refractivity contribution is 7.99. The highest BCUT2D eigenvalue weighted by Gasteiger charge is 2.24. The van der Waals surface area contributed by atoms with Crippen molar-refractivity contribution < 1.29 is 9.21 Å². The smallest absolute Gasteiger partial charge is 0.277 e. The molecule has 0 N–H and O–H groups in total. The predicted molar refractivity (Wildman–Crippen MR) is 98.0 cm³/mol. The van der Waals surface area contributed by atoms with E-state index in [4.69, 9.17) is 4.42 Å². The van der Waals surface area contributed by atoms with Gasteiger partial charge in [0.25, 0.3) is 5.22 Å². The zero-order valence-corrected chi connectivity index (χ0v) is 15.1. The van der Waals surface area contributed by atoms with Gasteiger partial charge in [0.15, 0.2) is 0 Å². The summed E-state index contributed by atoms with van der Waals surface area (Å²) in [5, 5.41) is 8.85. The Labute approximate surface area is 152 Å². The van der Waals surface area contributed by atoms with Crippen molar-refractivity contribution in [3.05, 3.63) is 35.7 Å². The lowest BCUT2D eigenvalue weighted by atomic mass is 9.89. The van der Waals surface area contributed by atoms with Gasteiger partial charge in [-0.1, -0.05) is 49.2 Å². The van der Waals surface area contributed by atoms with Gasteiger partial charge in [-0.3, -0.25) is 4.79 Å². The van der Waals surface area contributed by atoms with E-state index in [1.165, 1.54) is 36.6 Å². The fourth-order valence-corrected chi connectivity index (χ4v) is 4.43. The van der Waals surface area contributed by atoms with Crippen molar-refractivity contribution in [3.8, 4) is 0 Å². The number of nitrogens with zero attached hydrogens (tertiary/aromatic N) is 3. The fraction of sp³-hybridized carbons (Fsp3) is 0.526. The number of aryl methyl sites for hydroxylation is 1. The Morgan fingerprint density at radius 2 is 2.00 bits per heavy atom. The van der Waals surface area contributed by atoms with Crippen LogP contribution >= 0.6 is 11.8 Å². The second kappa shape index (κ2) is 7.60. The number of hydrogen-bond donors (Lipinski definition) is 0.